The smallest absolute Gasteiger partial charge is 0.0551 e. The van der Waals surface area contributed by atoms with E-state index in [4.69, 9.17) is 0 Å². The molecule has 0 atom stereocenters. The van der Waals surface area contributed by atoms with E-state index in [-0.39, 0.29) is 0 Å². The molecular weight excluding hydrogens is 252 g/mol. The zero-order valence-electron chi connectivity index (χ0n) is 8.55. The maximum absolute atomic E-state index is 3.45. The number of aromatic amines is 1. The molecule has 1 heterocycles. The molecule has 0 radical (unpaired) electrons. The zero-order valence-corrected chi connectivity index (χ0v) is 10.1. The Labute approximate surface area is 97.8 Å². The molecule has 0 saturated heterocycles. The quantitative estimate of drug-likeness (QED) is 0.870. The molecule has 0 aliphatic heterocycles. The van der Waals surface area contributed by atoms with E-state index in [1.54, 1.807) is 0 Å². The Kier molecular flexibility index (Phi) is 3.11. The van der Waals surface area contributed by atoms with Crippen LogP contribution in [-0.2, 0) is 6.54 Å². The fraction of sp³-hybridized carbons (Fsp3) is 0.167. The summed E-state index contributed by atoms with van der Waals surface area (Å²) in [6.07, 6.45) is 1.94. The van der Waals surface area contributed by atoms with Gasteiger partial charge in [-0.1, -0.05) is 15.9 Å². The van der Waals surface area contributed by atoms with E-state index in [0.717, 1.165) is 11.0 Å². The molecule has 2 rings (SSSR count). The van der Waals surface area contributed by atoms with E-state index in [0.29, 0.717) is 0 Å². The van der Waals surface area contributed by atoms with E-state index >= 15 is 0 Å². The Bertz CT molecular complexity index is 435. The Balaban J connectivity index is 2.05. The molecule has 0 aliphatic carbocycles. The second kappa shape index (κ2) is 4.53. The molecule has 15 heavy (non-hydrogen) atoms. The maximum Gasteiger partial charge on any atom is 0.0551 e. The third-order valence-corrected chi connectivity index (χ3v) is 2.81. The van der Waals surface area contributed by atoms with Crippen molar-refractivity contribution in [1.29, 1.82) is 0 Å². The lowest BCUT2D eigenvalue weighted by Crippen LogP contribution is -2.00. The van der Waals surface area contributed by atoms with Gasteiger partial charge in [0, 0.05) is 22.1 Å². The van der Waals surface area contributed by atoms with Gasteiger partial charge in [-0.15, -0.1) is 0 Å². The lowest BCUT2D eigenvalue weighted by molar-refractivity contribution is 1.07. The predicted molar refractivity (Wildman–Crippen MR) is 67.0 cm³/mol. The van der Waals surface area contributed by atoms with E-state index in [1.165, 1.54) is 16.9 Å². The van der Waals surface area contributed by atoms with Gasteiger partial charge in [0.05, 0.1) is 6.54 Å². The molecule has 2 aromatic rings. The van der Waals surface area contributed by atoms with E-state index < -0.39 is 0 Å². The molecule has 1 aromatic carbocycles. The number of halogens is 1. The van der Waals surface area contributed by atoms with Crippen molar-refractivity contribution in [2.45, 2.75) is 13.5 Å². The summed E-state index contributed by atoms with van der Waals surface area (Å²) in [5.74, 6) is 0. The van der Waals surface area contributed by atoms with Gasteiger partial charge in [0.25, 0.3) is 0 Å². The molecule has 0 aliphatic rings. The van der Waals surface area contributed by atoms with Crippen LogP contribution >= 0.6 is 15.9 Å². The van der Waals surface area contributed by atoms with Gasteiger partial charge in [-0.3, -0.25) is 0 Å². The first kappa shape index (κ1) is 10.3. The van der Waals surface area contributed by atoms with Gasteiger partial charge in [-0.05, 0) is 42.8 Å². The van der Waals surface area contributed by atoms with Crippen molar-refractivity contribution < 1.29 is 0 Å². The van der Waals surface area contributed by atoms with Crippen LogP contribution in [0, 0.1) is 6.92 Å². The largest absolute Gasteiger partial charge is 0.379 e. The van der Waals surface area contributed by atoms with Gasteiger partial charge in [-0.2, -0.15) is 0 Å². The highest BCUT2D eigenvalue weighted by molar-refractivity contribution is 9.10. The van der Waals surface area contributed by atoms with Crippen LogP contribution in [0.3, 0.4) is 0 Å². The number of aromatic nitrogens is 1. The van der Waals surface area contributed by atoms with Gasteiger partial charge >= 0.3 is 0 Å². The first-order chi connectivity index (χ1) is 7.25. The zero-order chi connectivity index (χ0) is 10.7. The highest BCUT2D eigenvalue weighted by Gasteiger charge is 1.98. The Morgan fingerprint density at radius 2 is 2.20 bits per heavy atom. The van der Waals surface area contributed by atoms with Crippen molar-refractivity contribution in [2.24, 2.45) is 0 Å². The highest BCUT2D eigenvalue weighted by atomic mass is 79.9. The van der Waals surface area contributed by atoms with Crippen molar-refractivity contribution >= 4 is 21.6 Å². The Hall–Kier alpha value is -1.22. The summed E-state index contributed by atoms with van der Waals surface area (Å²) in [6, 6.07) is 10.3. The lowest BCUT2D eigenvalue weighted by atomic mass is 10.2. The molecular formula is C12H13BrN2. The predicted octanol–water partition coefficient (Wildman–Crippen LogP) is 3.70. The lowest BCUT2D eigenvalue weighted by Gasteiger charge is -2.08. The third kappa shape index (κ3) is 2.63. The molecule has 0 bridgehead atoms. The first-order valence-electron chi connectivity index (χ1n) is 4.88. The van der Waals surface area contributed by atoms with Crippen molar-refractivity contribution in [3.05, 3.63) is 52.3 Å². The topological polar surface area (TPSA) is 27.8 Å². The molecule has 0 amide bonds. The summed E-state index contributed by atoms with van der Waals surface area (Å²) in [5.41, 5.74) is 3.61. The fourth-order valence-electron chi connectivity index (χ4n) is 1.49. The van der Waals surface area contributed by atoms with Crippen LogP contribution in [0.5, 0.6) is 0 Å². The molecule has 0 unspecified atom stereocenters. The molecule has 2 N–H and O–H groups in total. The number of hydrogen-bond acceptors (Lipinski definition) is 1. The van der Waals surface area contributed by atoms with Gasteiger partial charge in [0.15, 0.2) is 0 Å². The van der Waals surface area contributed by atoms with Gasteiger partial charge in [-0.25, -0.2) is 0 Å². The number of benzene rings is 1. The Morgan fingerprint density at radius 1 is 1.33 bits per heavy atom. The summed E-state index contributed by atoms with van der Waals surface area (Å²) in [7, 11) is 0. The standard InChI is InChI=1S/C12H13BrN2/c1-9-7-10(13)4-5-12(9)15-8-11-3-2-6-14-11/h2-7,14-15H,8H2,1H3. The van der Waals surface area contributed by atoms with Crippen LogP contribution in [0.2, 0.25) is 0 Å². The van der Waals surface area contributed by atoms with Crippen LogP contribution in [0.1, 0.15) is 11.3 Å². The average Bonchev–Trinajstić information content (AvgIpc) is 2.69. The summed E-state index contributed by atoms with van der Waals surface area (Å²) in [4.78, 5) is 3.17. The number of anilines is 1. The van der Waals surface area contributed by atoms with Crippen LogP contribution in [0.25, 0.3) is 0 Å². The summed E-state index contributed by atoms with van der Waals surface area (Å²) >= 11 is 3.45. The molecule has 3 heteroatoms. The van der Waals surface area contributed by atoms with E-state index in [9.17, 15) is 0 Å². The van der Waals surface area contributed by atoms with E-state index in [2.05, 4.69) is 51.4 Å². The highest BCUT2D eigenvalue weighted by Crippen LogP contribution is 2.20. The van der Waals surface area contributed by atoms with Crippen molar-refractivity contribution in [3.63, 3.8) is 0 Å². The number of rotatable bonds is 3. The number of hydrogen-bond donors (Lipinski definition) is 2. The molecule has 0 fully saturated rings. The van der Waals surface area contributed by atoms with Crippen LogP contribution < -0.4 is 5.32 Å². The monoisotopic (exact) mass is 264 g/mol. The molecule has 78 valence electrons. The number of nitrogens with one attached hydrogen (secondary N) is 2. The maximum atomic E-state index is 3.45. The van der Waals surface area contributed by atoms with Crippen LogP contribution in [-0.4, -0.2) is 4.98 Å². The van der Waals surface area contributed by atoms with Crippen molar-refractivity contribution in [3.8, 4) is 0 Å². The second-order valence-corrected chi connectivity index (χ2v) is 4.42. The normalized spacial score (nSPS) is 10.3. The SMILES string of the molecule is Cc1cc(Br)ccc1NCc1ccc[nH]1. The average molecular weight is 265 g/mol. The third-order valence-electron chi connectivity index (χ3n) is 2.32. The number of H-pyrrole nitrogens is 1. The molecule has 2 nitrogen and oxygen atoms in total. The van der Waals surface area contributed by atoms with Crippen molar-refractivity contribution in [1.82, 2.24) is 4.98 Å². The van der Waals surface area contributed by atoms with E-state index in [1.807, 2.05) is 18.3 Å². The van der Waals surface area contributed by atoms with Gasteiger partial charge in [0.2, 0.25) is 0 Å². The summed E-state index contributed by atoms with van der Waals surface area (Å²) in [6.45, 7) is 2.93. The molecule has 0 saturated carbocycles. The van der Waals surface area contributed by atoms with Crippen LogP contribution in [0.15, 0.2) is 41.0 Å². The minimum atomic E-state index is 0.829. The minimum absolute atomic E-state index is 0.829. The first-order valence-corrected chi connectivity index (χ1v) is 5.67. The van der Waals surface area contributed by atoms with Gasteiger partial charge < -0.3 is 10.3 Å². The van der Waals surface area contributed by atoms with Crippen molar-refractivity contribution in [2.75, 3.05) is 5.32 Å². The Morgan fingerprint density at radius 3 is 2.87 bits per heavy atom. The minimum Gasteiger partial charge on any atom is -0.379 e. The molecule has 0 spiro atoms. The fourth-order valence-corrected chi connectivity index (χ4v) is 1.97. The summed E-state index contributed by atoms with van der Waals surface area (Å²) in [5, 5.41) is 3.39. The van der Waals surface area contributed by atoms with Crippen LogP contribution in [0.4, 0.5) is 5.69 Å². The summed E-state index contributed by atoms with van der Waals surface area (Å²) < 4.78 is 1.12. The number of aryl methyl sites for hydroxylation is 1. The second-order valence-electron chi connectivity index (χ2n) is 3.51. The molecule has 1 aromatic heterocycles. The van der Waals surface area contributed by atoms with Gasteiger partial charge in [0.1, 0.15) is 0 Å².